The summed E-state index contributed by atoms with van der Waals surface area (Å²) in [6.45, 7) is 0.985. The molecule has 2 N–H and O–H groups in total. The molecule has 0 aliphatic carbocycles. The van der Waals surface area contributed by atoms with Gasteiger partial charge < -0.3 is 10.6 Å². The lowest BCUT2D eigenvalue weighted by atomic mass is 10.1. The van der Waals surface area contributed by atoms with Crippen LogP contribution in [-0.4, -0.2) is 26.8 Å². The van der Waals surface area contributed by atoms with Gasteiger partial charge >= 0.3 is 0 Å². The lowest BCUT2D eigenvalue weighted by molar-refractivity contribution is -0.120. The van der Waals surface area contributed by atoms with Gasteiger partial charge in [0.2, 0.25) is 5.91 Å². The predicted octanol–water partition coefficient (Wildman–Crippen LogP) is 3.72. The highest BCUT2D eigenvalue weighted by Gasteiger charge is 2.14. The van der Waals surface area contributed by atoms with Gasteiger partial charge in [-0.05, 0) is 35.7 Å². The Hall–Kier alpha value is -3.26. The van der Waals surface area contributed by atoms with Gasteiger partial charge in [-0.2, -0.15) is 0 Å². The number of hydrogen-bond donors (Lipinski definition) is 2. The third kappa shape index (κ3) is 4.01. The Morgan fingerprint density at radius 1 is 1.21 bits per heavy atom. The Labute approximate surface area is 165 Å². The third-order valence-electron chi connectivity index (χ3n) is 4.23. The molecule has 0 aliphatic rings. The average Bonchev–Trinajstić information content (AvgIpc) is 3.35. The van der Waals surface area contributed by atoms with E-state index in [1.165, 1.54) is 12.1 Å². The molecule has 142 valence electrons. The van der Waals surface area contributed by atoms with Crippen LogP contribution in [0.1, 0.15) is 11.3 Å². The first-order chi connectivity index (χ1) is 13.7. The number of nitrogens with one attached hydrogen (secondary N) is 2. The monoisotopic (exact) mass is 395 g/mol. The highest BCUT2D eigenvalue weighted by atomic mass is 32.1. The van der Waals surface area contributed by atoms with E-state index < -0.39 is 0 Å². The summed E-state index contributed by atoms with van der Waals surface area (Å²) in [7, 11) is 0. The van der Waals surface area contributed by atoms with Crippen molar-refractivity contribution in [1.82, 2.24) is 19.7 Å². The molecule has 1 amide bonds. The van der Waals surface area contributed by atoms with E-state index in [1.54, 1.807) is 42.1 Å². The Bertz CT molecular complexity index is 1080. The number of anilines is 1. The maximum Gasteiger partial charge on any atom is 0.222 e. The molecule has 3 heterocycles. The first kappa shape index (κ1) is 18.1. The van der Waals surface area contributed by atoms with Crippen LogP contribution in [0.3, 0.4) is 0 Å². The summed E-state index contributed by atoms with van der Waals surface area (Å²) in [5, 5.41) is 8.19. The molecular weight excluding hydrogens is 377 g/mol. The van der Waals surface area contributed by atoms with E-state index in [0.29, 0.717) is 30.9 Å². The van der Waals surface area contributed by atoms with E-state index in [1.807, 2.05) is 21.9 Å². The van der Waals surface area contributed by atoms with E-state index in [0.717, 1.165) is 16.3 Å². The van der Waals surface area contributed by atoms with Crippen molar-refractivity contribution >= 4 is 28.7 Å². The smallest absolute Gasteiger partial charge is 0.222 e. The SMILES string of the molecule is O=C(CCNc1c(-c2ccc(F)cc2)nc2cnccn12)NCc1cccs1. The van der Waals surface area contributed by atoms with Crippen LogP contribution >= 0.6 is 11.3 Å². The minimum Gasteiger partial charge on any atom is -0.369 e. The topological polar surface area (TPSA) is 71.3 Å². The third-order valence-corrected chi connectivity index (χ3v) is 5.11. The molecule has 0 fully saturated rings. The number of aromatic nitrogens is 3. The summed E-state index contributed by atoms with van der Waals surface area (Å²) in [6.07, 6.45) is 5.45. The highest BCUT2D eigenvalue weighted by Crippen LogP contribution is 2.28. The fourth-order valence-electron chi connectivity index (χ4n) is 2.87. The standard InChI is InChI=1S/C20H18FN5OS/c21-15-5-3-14(4-6-15)19-20(26-10-9-22-13-17(26)25-19)23-8-7-18(27)24-12-16-2-1-11-28-16/h1-6,9-11,13,23H,7-8,12H2,(H,24,27). The number of nitrogens with zero attached hydrogens (tertiary/aromatic N) is 3. The molecule has 6 nitrogen and oxygen atoms in total. The van der Waals surface area contributed by atoms with Crippen LogP contribution in [0.25, 0.3) is 16.9 Å². The minimum absolute atomic E-state index is 0.0280. The summed E-state index contributed by atoms with van der Waals surface area (Å²) >= 11 is 1.61. The van der Waals surface area contributed by atoms with Crippen LogP contribution in [-0.2, 0) is 11.3 Å². The zero-order valence-corrected chi connectivity index (χ0v) is 15.7. The molecule has 0 radical (unpaired) electrons. The van der Waals surface area contributed by atoms with Crippen molar-refractivity contribution in [3.8, 4) is 11.3 Å². The number of carbonyl (C=O) groups is 1. The van der Waals surface area contributed by atoms with E-state index >= 15 is 0 Å². The molecule has 0 saturated heterocycles. The van der Waals surface area contributed by atoms with Gasteiger partial charge in [-0.3, -0.25) is 14.2 Å². The lowest BCUT2D eigenvalue weighted by Gasteiger charge is -2.09. The van der Waals surface area contributed by atoms with Crippen molar-refractivity contribution in [3.05, 3.63) is 71.1 Å². The van der Waals surface area contributed by atoms with E-state index in [9.17, 15) is 9.18 Å². The van der Waals surface area contributed by atoms with Crippen molar-refractivity contribution < 1.29 is 9.18 Å². The molecule has 0 atom stereocenters. The fourth-order valence-corrected chi connectivity index (χ4v) is 3.51. The molecule has 0 aliphatic heterocycles. The van der Waals surface area contributed by atoms with Gasteiger partial charge in [0.25, 0.3) is 0 Å². The van der Waals surface area contributed by atoms with E-state index in [4.69, 9.17) is 0 Å². The fraction of sp³-hybridized carbons (Fsp3) is 0.150. The van der Waals surface area contributed by atoms with Gasteiger partial charge in [0.1, 0.15) is 17.3 Å². The molecule has 8 heteroatoms. The van der Waals surface area contributed by atoms with Crippen LogP contribution in [0.4, 0.5) is 10.2 Å². The van der Waals surface area contributed by atoms with Crippen LogP contribution in [0.15, 0.2) is 60.4 Å². The number of amides is 1. The van der Waals surface area contributed by atoms with Crippen molar-refractivity contribution in [2.24, 2.45) is 0 Å². The molecule has 3 aromatic heterocycles. The number of carbonyl (C=O) groups excluding carboxylic acids is 1. The van der Waals surface area contributed by atoms with Crippen LogP contribution in [0, 0.1) is 5.82 Å². The van der Waals surface area contributed by atoms with Crippen LogP contribution < -0.4 is 10.6 Å². The lowest BCUT2D eigenvalue weighted by Crippen LogP contribution is -2.24. The molecule has 28 heavy (non-hydrogen) atoms. The number of imidazole rings is 1. The minimum atomic E-state index is -0.300. The number of fused-ring (bicyclic) bond motifs is 1. The largest absolute Gasteiger partial charge is 0.369 e. The number of rotatable bonds is 7. The number of benzene rings is 1. The number of thiophene rings is 1. The molecule has 0 unspecified atom stereocenters. The molecular formula is C20H18FN5OS. The first-order valence-corrected chi connectivity index (χ1v) is 9.69. The van der Waals surface area contributed by atoms with E-state index in [2.05, 4.69) is 20.6 Å². The highest BCUT2D eigenvalue weighted by molar-refractivity contribution is 7.09. The van der Waals surface area contributed by atoms with Crippen LogP contribution in [0.5, 0.6) is 0 Å². The summed E-state index contributed by atoms with van der Waals surface area (Å²) in [6, 6.07) is 10.1. The van der Waals surface area contributed by atoms with Crippen molar-refractivity contribution in [2.45, 2.75) is 13.0 Å². The molecule has 0 saturated carbocycles. The normalized spacial score (nSPS) is 10.9. The second kappa shape index (κ2) is 8.18. The summed E-state index contributed by atoms with van der Waals surface area (Å²) in [4.78, 5) is 21.9. The molecule has 4 aromatic rings. The van der Waals surface area contributed by atoms with Crippen LogP contribution in [0.2, 0.25) is 0 Å². The van der Waals surface area contributed by atoms with Gasteiger partial charge in [-0.15, -0.1) is 11.3 Å². The number of hydrogen-bond acceptors (Lipinski definition) is 5. The summed E-state index contributed by atoms with van der Waals surface area (Å²) in [5.41, 5.74) is 2.15. The van der Waals surface area contributed by atoms with E-state index in [-0.39, 0.29) is 11.7 Å². The van der Waals surface area contributed by atoms with Crippen molar-refractivity contribution in [3.63, 3.8) is 0 Å². The molecule has 0 bridgehead atoms. The zero-order chi connectivity index (χ0) is 19.3. The molecule has 1 aromatic carbocycles. The van der Waals surface area contributed by atoms with Gasteiger partial charge in [-0.25, -0.2) is 9.37 Å². The zero-order valence-electron chi connectivity index (χ0n) is 14.9. The maximum absolute atomic E-state index is 13.3. The first-order valence-electron chi connectivity index (χ1n) is 8.81. The van der Waals surface area contributed by atoms with Gasteiger partial charge in [0, 0.05) is 35.8 Å². The van der Waals surface area contributed by atoms with Gasteiger partial charge in [0.05, 0.1) is 12.7 Å². The predicted molar refractivity (Wildman–Crippen MR) is 108 cm³/mol. The Kier molecular flexibility index (Phi) is 5.29. The maximum atomic E-state index is 13.3. The Morgan fingerprint density at radius 2 is 2.07 bits per heavy atom. The number of halogens is 1. The quantitative estimate of drug-likeness (QED) is 0.500. The Balaban J connectivity index is 1.47. The van der Waals surface area contributed by atoms with Crippen molar-refractivity contribution in [2.75, 3.05) is 11.9 Å². The average molecular weight is 395 g/mol. The second-order valence-electron chi connectivity index (χ2n) is 6.15. The van der Waals surface area contributed by atoms with Gasteiger partial charge in [0.15, 0.2) is 5.65 Å². The summed E-state index contributed by atoms with van der Waals surface area (Å²) in [5.74, 6) is 0.417. The van der Waals surface area contributed by atoms with Gasteiger partial charge in [-0.1, -0.05) is 6.07 Å². The second-order valence-corrected chi connectivity index (χ2v) is 7.19. The molecule has 0 spiro atoms. The Morgan fingerprint density at radius 3 is 2.86 bits per heavy atom. The summed E-state index contributed by atoms with van der Waals surface area (Å²) < 4.78 is 15.1. The van der Waals surface area contributed by atoms with Crippen molar-refractivity contribution in [1.29, 1.82) is 0 Å². The molecule has 4 rings (SSSR count).